The fourth-order valence-corrected chi connectivity index (χ4v) is 2.79. The molecule has 3 heterocycles. The van der Waals surface area contributed by atoms with Gasteiger partial charge in [-0.25, -0.2) is 0 Å². The average molecular weight is 276 g/mol. The van der Waals surface area contributed by atoms with Crippen molar-refractivity contribution in [1.29, 1.82) is 0 Å². The predicted octanol–water partition coefficient (Wildman–Crippen LogP) is 3.04. The van der Waals surface area contributed by atoms with Crippen LogP contribution < -0.4 is 0 Å². The summed E-state index contributed by atoms with van der Waals surface area (Å²) in [5.41, 5.74) is 1.60. The Hall–Kier alpha value is -1.81. The minimum absolute atomic E-state index is 0.0236. The lowest BCUT2D eigenvalue weighted by Crippen LogP contribution is -2.30. The number of carbonyl (C=O) groups is 1. The van der Waals surface area contributed by atoms with E-state index in [1.807, 2.05) is 23.2 Å². The molecule has 2 aromatic rings. The van der Waals surface area contributed by atoms with Gasteiger partial charge in [-0.2, -0.15) is 0 Å². The highest BCUT2D eigenvalue weighted by Gasteiger charge is 2.31. The number of amides is 1. The summed E-state index contributed by atoms with van der Waals surface area (Å²) in [5, 5.41) is 0.407. The van der Waals surface area contributed by atoms with Crippen LogP contribution in [0.25, 0.3) is 0 Å². The summed E-state index contributed by atoms with van der Waals surface area (Å²) in [7, 11) is 0. The normalized spacial score (nSPS) is 18.8. The summed E-state index contributed by atoms with van der Waals surface area (Å²) in [6.45, 7) is 0.765. The van der Waals surface area contributed by atoms with E-state index in [2.05, 4.69) is 9.97 Å². The van der Waals surface area contributed by atoms with E-state index in [-0.39, 0.29) is 11.9 Å². The maximum absolute atomic E-state index is 12.6. The van der Waals surface area contributed by atoms with Crippen LogP contribution in [-0.4, -0.2) is 27.3 Å². The molecule has 5 heteroatoms. The van der Waals surface area contributed by atoms with Gasteiger partial charge in [-0.1, -0.05) is 11.6 Å². The van der Waals surface area contributed by atoms with E-state index in [9.17, 15) is 4.79 Å². The smallest absolute Gasteiger partial charge is 0.256 e. The highest BCUT2D eigenvalue weighted by atomic mass is 35.5. The molecule has 1 saturated heterocycles. The Morgan fingerprint density at radius 1 is 1.47 bits per heavy atom. The molecular weight excluding hydrogens is 262 g/mol. The van der Waals surface area contributed by atoms with Crippen LogP contribution in [0.15, 0.2) is 36.8 Å². The summed E-state index contributed by atoms with van der Waals surface area (Å²) in [6, 6.07) is 5.77. The van der Waals surface area contributed by atoms with Gasteiger partial charge < -0.3 is 9.88 Å². The van der Waals surface area contributed by atoms with Crippen molar-refractivity contribution in [1.82, 2.24) is 14.9 Å². The Bertz CT molecular complexity index is 582. The van der Waals surface area contributed by atoms with Crippen molar-refractivity contribution in [3.63, 3.8) is 0 Å². The Morgan fingerprint density at radius 3 is 3.11 bits per heavy atom. The summed E-state index contributed by atoms with van der Waals surface area (Å²) in [4.78, 5) is 21.6. The van der Waals surface area contributed by atoms with Crippen LogP contribution in [0.3, 0.4) is 0 Å². The van der Waals surface area contributed by atoms with Crippen molar-refractivity contribution in [2.75, 3.05) is 6.54 Å². The Balaban J connectivity index is 1.89. The van der Waals surface area contributed by atoms with Crippen LogP contribution in [-0.2, 0) is 0 Å². The number of hydrogen-bond donors (Lipinski definition) is 1. The minimum atomic E-state index is -0.0236. The molecule has 2 aromatic heterocycles. The van der Waals surface area contributed by atoms with E-state index < -0.39 is 0 Å². The highest BCUT2D eigenvalue weighted by molar-refractivity contribution is 6.33. The second-order valence-electron chi connectivity index (χ2n) is 4.64. The lowest BCUT2D eigenvalue weighted by molar-refractivity contribution is 0.0733. The third-order valence-electron chi connectivity index (χ3n) is 3.50. The van der Waals surface area contributed by atoms with Crippen LogP contribution in [0.5, 0.6) is 0 Å². The second-order valence-corrected chi connectivity index (χ2v) is 5.04. The fraction of sp³-hybridized carbons (Fsp3) is 0.286. The summed E-state index contributed by atoms with van der Waals surface area (Å²) >= 11 is 6.05. The van der Waals surface area contributed by atoms with E-state index in [0.717, 1.165) is 25.1 Å². The van der Waals surface area contributed by atoms with Crippen LogP contribution in [0.1, 0.15) is 34.9 Å². The molecule has 1 aliphatic heterocycles. The Kier molecular flexibility index (Phi) is 3.25. The molecule has 1 amide bonds. The first-order valence-corrected chi connectivity index (χ1v) is 6.69. The van der Waals surface area contributed by atoms with Gasteiger partial charge in [0.05, 0.1) is 16.6 Å². The number of nitrogens with zero attached hydrogens (tertiary/aromatic N) is 2. The number of aromatic amines is 1. The molecule has 98 valence electrons. The third-order valence-corrected chi connectivity index (χ3v) is 3.80. The molecule has 0 aromatic carbocycles. The zero-order chi connectivity index (χ0) is 13.2. The summed E-state index contributed by atoms with van der Waals surface area (Å²) < 4.78 is 0. The zero-order valence-electron chi connectivity index (χ0n) is 10.3. The number of nitrogens with one attached hydrogen (secondary N) is 1. The second kappa shape index (κ2) is 5.05. The number of pyridine rings is 1. The quantitative estimate of drug-likeness (QED) is 0.916. The molecule has 0 saturated carbocycles. The third kappa shape index (κ3) is 2.24. The van der Waals surface area contributed by atoms with E-state index in [0.29, 0.717) is 10.6 Å². The SMILES string of the molecule is O=C(c1ccncc1Cl)N1CCCC1c1ccc[nH]1. The zero-order valence-corrected chi connectivity index (χ0v) is 11.1. The number of H-pyrrole nitrogens is 1. The molecule has 1 unspecified atom stereocenters. The number of carbonyl (C=O) groups excluding carboxylic acids is 1. The minimum Gasteiger partial charge on any atom is -0.363 e. The first-order valence-electron chi connectivity index (χ1n) is 6.31. The van der Waals surface area contributed by atoms with Crippen molar-refractivity contribution in [3.05, 3.63) is 53.1 Å². The number of aromatic nitrogens is 2. The topological polar surface area (TPSA) is 49.0 Å². The van der Waals surface area contributed by atoms with Gasteiger partial charge in [0.2, 0.25) is 0 Å². The fourth-order valence-electron chi connectivity index (χ4n) is 2.59. The van der Waals surface area contributed by atoms with E-state index >= 15 is 0 Å². The van der Waals surface area contributed by atoms with Crippen molar-refractivity contribution in [2.45, 2.75) is 18.9 Å². The largest absolute Gasteiger partial charge is 0.363 e. The Labute approximate surface area is 116 Å². The van der Waals surface area contributed by atoms with E-state index in [4.69, 9.17) is 11.6 Å². The van der Waals surface area contributed by atoms with Crippen LogP contribution in [0, 0.1) is 0 Å². The van der Waals surface area contributed by atoms with Crippen molar-refractivity contribution >= 4 is 17.5 Å². The van der Waals surface area contributed by atoms with Gasteiger partial charge in [-0.3, -0.25) is 9.78 Å². The Morgan fingerprint density at radius 2 is 2.37 bits per heavy atom. The molecule has 3 rings (SSSR count). The summed E-state index contributed by atoms with van der Waals surface area (Å²) in [6.07, 6.45) is 6.98. The van der Waals surface area contributed by atoms with Gasteiger partial charge in [-0.15, -0.1) is 0 Å². The standard InChI is InChI=1S/C14H14ClN3O/c15-11-9-16-7-5-10(11)14(19)18-8-2-4-13(18)12-3-1-6-17-12/h1,3,5-7,9,13,17H,2,4,8H2. The lowest BCUT2D eigenvalue weighted by Gasteiger charge is -2.24. The van der Waals surface area contributed by atoms with Crippen LogP contribution in [0.4, 0.5) is 0 Å². The van der Waals surface area contributed by atoms with Gasteiger partial charge >= 0.3 is 0 Å². The predicted molar refractivity (Wildman–Crippen MR) is 73.1 cm³/mol. The maximum Gasteiger partial charge on any atom is 0.256 e. The molecule has 1 N–H and O–H groups in total. The molecule has 1 atom stereocenters. The van der Waals surface area contributed by atoms with Crippen molar-refractivity contribution in [2.24, 2.45) is 0 Å². The average Bonchev–Trinajstić information content (AvgIpc) is 3.09. The molecule has 0 radical (unpaired) electrons. The lowest BCUT2D eigenvalue weighted by atomic mass is 10.1. The molecule has 1 fully saturated rings. The number of hydrogen-bond acceptors (Lipinski definition) is 2. The number of rotatable bonds is 2. The van der Waals surface area contributed by atoms with Crippen LogP contribution >= 0.6 is 11.6 Å². The molecule has 19 heavy (non-hydrogen) atoms. The molecule has 0 bridgehead atoms. The number of halogens is 1. The number of likely N-dealkylation sites (tertiary alicyclic amines) is 1. The molecule has 0 spiro atoms. The maximum atomic E-state index is 12.6. The van der Waals surface area contributed by atoms with Gasteiger partial charge in [0.25, 0.3) is 5.91 Å². The van der Waals surface area contributed by atoms with E-state index in [1.54, 1.807) is 12.3 Å². The molecule has 1 aliphatic rings. The monoisotopic (exact) mass is 275 g/mol. The molecule has 4 nitrogen and oxygen atoms in total. The van der Waals surface area contributed by atoms with Gasteiger partial charge in [0.15, 0.2) is 0 Å². The van der Waals surface area contributed by atoms with Crippen LogP contribution in [0.2, 0.25) is 5.02 Å². The summed E-state index contributed by atoms with van der Waals surface area (Å²) in [5.74, 6) is -0.0236. The van der Waals surface area contributed by atoms with Gasteiger partial charge in [-0.05, 0) is 31.0 Å². The molecular formula is C14H14ClN3O. The van der Waals surface area contributed by atoms with Gasteiger partial charge in [0, 0.05) is 30.8 Å². The highest BCUT2D eigenvalue weighted by Crippen LogP contribution is 2.33. The van der Waals surface area contributed by atoms with Crippen molar-refractivity contribution in [3.8, 4) is 0 Å². The molecule has 0 aliphatic carbocycles. The van der Waals surface area contributed by atoms with Crippen molar-refractivity contribution < 1.29 is 4.79 Å². The van der Waals surface area contributed by atoms with E-state index in [1.165, 1.54) is 6.20 Å². The first kappa shape index (κ1) is 12.2. The first-order chi connectivity index (χ1) is 9.27. The van der Waals surface area contributed by atoms with Gasteiger partial charge in [0.1, 0.15) is 0 Å².